The number of halogens is 15. The Kier molecular flexibility index (Phi) is 10.0. The predicted octanol–water partition coefficient (Wildman–Crippen LogP) is 6.25. The van der Waals surface area contributed by atoms with Gasteiger partial charge in [-0.15, -0.1) is 16.4 Å². The molecular weight excluding hydrogens is 694 g/mol. The van der Waals surface area contributed by atoms with Crippen LogP contribution in [-0.2, 0) is 0 Å². The highest BCUT2D eigenvalue weighted by molar-refractivity contribution is 7.13. The first kappa shape index (κ1) is 37.4. The average molecular weight is 715 g/mol. The Morgan fingerprint density at radius 3 is 1.02 bits per heavy atom. The van der Waals surface area contributed by atoms with E-state index in [1.165, 1.54) is 25.1 Å². The van der Waals surface area contributed by atoms with Crippen LogP contribution < -0.4 is 21.4 Å². The molecule has 0 fully saturated rings. The molecule has 0 heterocycles. The van der Waals surface area contributed by atoms with Crippen LogP contribution >= 0.6 is 0 Å². The molecule has 0 spiro atoms. The minimum absolute atomic E-state index is 0.235. The minimum atomic E-state index is -5.76. The molecule has 0 unspecified atom stereocenters. The summed E-state index contributed by atoms with van der Waals surface area (Å²) in [6.45, 7) is 6.13. The fourth-order valence-electron chi connectivity index (χ4n) is 5.59. The van der Waals surface area contributed by atoms with Crippen LogP contribution in [0.4, 0.5) is 65.9 Å². The van der Waals surface area contributed by atoms with Gasteiger partial charge >= 0.3 is 0 Å². The minimum Gasteiger partial charge on any atom is -0.245 e. The summed E-state index contributed by atoms with van der Waals surface area (Å²) in [6, 6.07) is 5.22. The molecule has 0 aliphatic carbocycles. The van der Waals surface area contributed by atoms with E-state index in [0.717, 1.165) is 12.1 Å². The van der Waals surface area contributed by atoms with Crippen LogP contribution in [0.15, 0.2) is 30.3 Å². The highest BCUT2D eigenvalue weighted by Crippen LogP contribution is 2.30. The van der Waals surface area contributed by atoms with Crippen molar-refractivity contribution in [2.45, 2.75) is 40.1 Å². The van der Waals surface area contributed by atoms with Gasteiger partial charge in [0.2, 0.25) is 0 Å². The second kappa shape index (κ2) is 13.1. The molecule has 0 aliphatic heterocycles. The predicted molar refractivity (Wildman–Crippen MR) is 149 cm³/mol. The van der Waals surface area contributed by atoms with E-state index in [0.29, 0.717) is 0 Å². The van der Waals surface area contributed by atoms with Crippen LogP contribution in [0.25, 0.3) is 0 Å². The molecule has 262 valence electrons. The van der Waals surface area contributed by atoms with Crippen molar-refractivity contribution in [3.63, 3.8) is 0 Å². The maximum Gasteiger partial charge on any atom is 0.200 e. The summed E-state index contributed by atoms with van der Waals surface area (Å²) in [4.78, 5) is 2.69. The lowest BCUT2D eigenvalue weighted by atomic mass is 9.13. The topological polar surface area (TPSA) is 14.0 Å². The summed E-state index contributed by atoms with van der Waals surface area (Å²) >= 11 is 0. The van der Waals surface area contributed by atoms with Gasteiger partial charge in [0.05, 0.1) is 0 Å². The SMILES string of the molecule is C[C@H]([NH+]=C(C[B-](c1c(F)c(F)c(F)c(F)c1F)(c1c(F)c(F)c(F)c(F)c1F)c1c(F)c(F)c(F)c(F)c1F)c1ccccc1)C(C)(C)C. The van der Waals surface area contributed by atoms with Crippen molar-refractivity contribution in [2.75, 3.05) is 0 Å². The maximum absolute atomic E-state index is 15.9. The van der Waals surface area contributed by atoms with Crippen molar-refractivity contribution in [3.05, 3.63) is 123 Å². The lowest BCUT2D eigenvalue weighted by Gasteiger charge is -2.43. The van der Waals surface area contributed by atoms with Gasteiger partial charge in [0, 0.05) is 11.0 Å². The molecule has 1 nitrogen and oxygen atoms in total. The van der Waals surface area contributed by atoms with E-state index in [2.05, 4.69) is 4.99 Å². The molecule has 0 amide bonds. The Labute approximate surface area is 268 Å². The first-order valence-electron chi connectivity index (χ1n) is 14.0. The lowest BCUT2D eigenvalue weighted by Crippen LogP contribution is -2.84. The molecule has 17 heteroatoms. The van der Waals surface area contributed by atoms with Gasteiger partial charge in [0.1, 0.15) is 46.8 Å². The Morgan fingerprint density at radius 1 is 0.490 bits per heavy atom. The van der Waals surface area contributed by atoms with E-state index in [9.17, 15) is 39.5 Å². The van der Waals surface area contributed by atoms with E-state index in [-0.39, 0.29) is 5.56 Å². The van der Waals surface area contributed by atoms with Crippen LogP contribution in [0.3, 0.4) is 0 Å². The Balaban J connectivity index is 2.49. The first-order chi connectivity index (χ1) is 22.6. The molecule has 0 bridgehead atoms. The van der Waals surface area contributed by atoms with Gasteiger partial charge in [-0.1, -0.05) is 45.3 Å². The zero-order valence-electron chi connectivity index (χ0n) is 25.4. The summed E-state index contributed by atoms with van der Waals surface area (Å²) in [5.74, 6) is -45.4. The molecule has 1 atom stereocenters. The van der Waals surface area contributed by atoms with Gasteiger partial charge in [-0.05, 0) is 19.1 Å². The molecule has 0 radical (unpaired) electrons. The molecule has 0 saturated carbocycles. The standard InChI is InChI=1S/C32H20BF15N/c1-11(32(2,3)4)49-13(12-8-6-5-7-9-12)10-33(14-17(34)23(40)29(46)24(41)18(14)35,15-19(36)25(42)30(47)26(43)20(15)37)16-21(38)27(44)31(48)28(45)22(16)39/h5-9,11H,10H2,1-4H3/q-1/p+1/t11-/m0/s1. The maximum atomic E-state index is 15.9. The Bertz CT molecular complexity index is 1750. The van der Waals surface area contributed by atoms with Crippen LogP contribution in [-0.4, -0.2) is 17.9 Å². The van der Waals surface area contributed by atoms with E-state index >= 15 is 26.3 Å². The van der Waals surface area contributed by atoms with E-state index in [1.54, 1.807) is 20.8 Å². The summed E-state index contributed by atoms with van der Waals surface area (Å²) < 4.78 is 228. The number of hydrogen-bond donors (Lipinski definition) is 1. The van der Waals surface area contributed by atoms with Gasteiger partial charge in [-0.2, -0.15) is 0 Å². The monoisotopic (exact) mass is 715 g/mol. The normalized spacial score (nSPS) is 13.3. The zero-order valence-corrected chi connectivity index (χ0v) is 25.4. The van der Waals surface area contributed by atoms with Crippen molar-refractivity contribution in [3.8, 4) is 0 Å². The van der Waals surface area contributed by atoms with Crippen LogP contribution in [0, 0.1) is 92.7 Å². The number of hydrogen-bond acceptors (Lipinski definition) is 0. The third-order valence-electron chi connectivity index (χ3n) is 8.53. The van der Waals surface area contributed by atoms with E-state index < -0.39 is 133 Å². The zero-order chi connectivity index (χ0) is 37.1. The molecule has 4 aromatic carbocycles. The largest absolute Gasteiger partial charge is 0.245 e. The lowest BCUT2D eigenvalue weighted by molar-refractivity contribution is -0.517. The molecule has 49 heavy (non-hydrogen) atoms. The third kappa shape index (κ3) is 5.94. The molecule has 0 saturated heterocycles. The summed E-state index contributed by atoms with van der Waals surface area (Å²) in [5, 5.41) is 0. The van der Waals surface area contributed by atoms with E-state index in [1.807, 2.05) is 0 Å². The quantitative estimate of drug-likeness (QED) is 0.0766. The highest BCUT2D eigenvalue weighted by Gasteiger charge is 2.49. The Hall–Kier alpha value is -4.44. The molecule has 4 aromatic rings. The van der Waals surface area contributed by atoms with Gasteiger partial charge in [0.15, 0.2) is 58.4 Å². The van der Waals surface area contributed by atoms with Crippen molar-refractivity contribution >= 4 is 28.2 Å². The molecule has 1 N–H and O–H groups in total. The van der Waals surface area contributed by atoms with Crippen molar-refractivity contribution in [2.24, 2.45) is 5.41 Å². The Morgan fingerprint density at radius 2 is 0.755 bits per heavy atom. The smallest absolute Gasteiger partial charge is 0.200 e. The molecular formula is C32H21BF15N. The number of benzene rings is 4. The van der Waals surface area contributed by atoms with Gasteiger partial charge in [-0.3, -0.25) is 0 Å². The second-order valence-corrected chi connectivity index (χ2v) is 12.3. The average Bonchev–Trinajstić information content (AvgIpc) is 3.06. The third-order valence-corrected chi connectivity index (χ3v) is 8.53. The van der Waals surface area contributed by atoms with Gasteiger partial charge in [-0.25, -0.2) is 70.8 Å². The van der Waals surface area contributed by atoms with Gasteiger partial charge in [0.25, 0.3) is 0 Å². The van der Waals surface area contributed by atoms with Crippen LogP contribution in [0.1, 0.15) is 33.3 Å². The molecule has 0 aromatic heterocycles. The van der Waals surface area contributed by atoms with E-state index in [4.69, 9.17) is 0 Å². The first-order valence-corrected chi connectivity index (χ1v) is 14.0. The highest BCUT2D eigenvalue weighted by atomic mass is 19.2. The van der Waals surface area contributed by atoms with Crippen molar-refractivity contribution in [1.29, 1.82) is 0 Å². The van der Waals surface area contributed by atoms with Crippen LogP contribution in [0.2, 0.25) is 6.32 Å². The summed E-state index contributed by atoms with van der Waals surface area (Å²) in [7, 11) is 0. The van der Waals surface area contributed by atoms with Crippen molar-refractivity contribution < 1.29 is 70.8 Å². The molecule has 4 rings (SSSR count). The van der Waals surface area contributed by atoms with Gasteiger partial charge < -0.3 is 0 Å². The second-order valence-electron chi connectivity index (χ2n) is 12.3. The number of nitrogens with one attached hydrogen (secondary N) is 1. The number of rotatable bonds is 7. The summed E-state index contributed by atoms with van der Waals surface area (Å²) in [6.07, 6.45) is -7.68. The van der Waals surface area contributed by atoms with Crippen LogP contribution in [0.5, 0.6) is 0 Å². The summed E-state index contributed by atoms with van der Waals surface area (Å²) in [5.41, 5.74) is -9.74. The van der Waals surface area contributed by atoms with Crippen molar-refractivity contribution in [1.82, 2.24) is 0 Å². The molecule has 0 aliphatic rings. The fraction of sp³-hybridized carbons (Fsp3) is 0.219. The fourth-order valence-corrected chi connectivity index (χ4v) is 5.59.